The van der Waals surface area contributed by atoms with Crippen LogP contribution in [0.15, 0.2) is 24.3 Å². The minimum Gasteiger partial charge on any atom is -0.396 e. The maximum atomic E-state index is 11.9. The Hall–Kier alpha value is -1.88. The van der Waals surface area contributed by atoms with Crippen molar-refractivity contribution < 1.29 is 14.7 Å². The van der Waals surface area contributed by atoms with Gasteiger partial charge in [-0.15, -0.1) is 0 Å². The summed E-state index contributed by atoms with van der Waals surface area (Å²) in [6.07, 6.45) is 4.35. The van der Waals surface area contributed by atoms with Gasteiger partial charge in [0.25, 0.3) is 0 Å². The van der Waals surface area contributed by atoms with E-state index < -0.39 is 11.8 Å². The first-order chi connectivity index (χ1) is 10.6. The Bertz CT molecular complexity index is 505. The first-order valence-corrected chi connectivity index (χ1v) is 7.94. The molecule has 3 N–H and O–H groups in total. The van der Waals surface area contributed by atoms with E-state index in [0.29, 0.717) is 11.6 Å². The number of hydrogen-bond donors (Lipinski definition) is 3. The number of aliphatic hydroxyl groups excluding tert-OH is 1. The predicted molar refractivity (Wildman–Crippen MR) is 85.4 cm³/mol. The molecule has 0 bridgehead atoms. The number of nitrogens with one attached hydrogen (secondary N) is 2. The third-order valence-corrected chi connectivity index (χ3v) is 4.27. The van der Waals surface area contributed by atoms with Gasteiger partial charge < -0.3 is 15.7 Å². The van der Waals surface area contributed by atoms with Crippen LogP contribution in [0.25, 0.3) is 0 Å². The third kappa shape index (κ3) is 4.56. The van der Waals surface area contributed by atoms with E-state index in [1.807, 2.05) is 12.1 Å². The van der Waals surface area contributed by atoms with Crippen LogP contribution in [0.3, 0.4) is 0 Å². The van der Waals surface area contributed by atoms with Crippen LogP contribution in [0.5, 0.6) is 0 Å². The molecule has 1 aromatic carbocycles. The summed E-state index contributed by atoms with van der Waals surface area (Å²) >= 11 is 0. The lowest BCUT2D eigenvalue weighted by Crippen LogP contribution is -2.43. The van der Waals surface area contributed by atoms with Gasteiger partial charge in [0.15, 0.2) is 0 Å². The van der Waals surface area contributed by atoms with Gasteiger partial charge in [-0.25, -0.2) is 0 Å². The number of carbonyl (C=O) groups is 2. The van der Waals surface area contributed by atoms with E-state index in [4.69, 9.17) is 5.11 Å². The monoisotopic (exact) mass is 304 g/mol. The van der Waals surface area contributed by atoms with Crippen LogP contribution < -0.4 is 10.6 Å². The molecule has 0 heterocycles. The topological polar surface area (TPSA) is 78.4 Å². The average molecular weight is 304 g/mol. The van der Waals surface area contributed by atoms with Crippen LogP contribution in [0.4, 0.5) is 5.69 Å². The van der Waals surface area contributed by atoms with Crippen molar-refractivity contribution in [3.63, 3.8) is 0 Å². The van der Waals surface area contributed by atoms with E-state index in [9.17, 15) is 9.59 Å². The molecule has 0 aromatic heterocycles. The Labute approximate surface area is 131 Å². The maximum Gasteiger partial charge on any atom is 0.313 e. The zero-order valence-corrected chi connectivity index (χ0v) is 13.0. The molecule has 1 fully saturated rings. The van der Waals surface area contributed by atoms with Gasteiger partial charge in [-0.1, -0.05) is 19.1 Å². The minimum absolute atomic E-state index is 0.0310. The normalized spacial score (nSPS) is 21.2. The van der Waals surface area contributed by atoms with E-state index in [0.717, 1.165) is 32.1 Å². The summed E-state index contributed by atoms with van der Waals surface area (Å²) in [6, 6.07) is 7.50. The van der Waals surface area contributed by atoms with Crippen molar-refractivity contribution in [3.8, 4) is 0 Å². The highest BCUT2D eigenvalue weighted by atomic mass is 16.3. The number of amides is 2. The molecule has 5 nitrogen and oxygen atoms in total. The van der Waals surface area contributed by atoms with Crippen molar-refractivity contribution in [2.75, 3.05) is 11.9 Å². The van der Waals surface area contributed by atoms with Crippen molar-refractivity contribution in [1.82, 2.24) is 5.32 Å². The van der Waals surface area contributed by atoms with E-state index in [-0.39, 0.29) is 12.6 Å². The number of carbonyl (C=O) groups excluding carboxylic acids is 2. The molecule has 2 amide bonds. The quantitative estimate of drug-likeness (QED) is 0.743. The minimum atomic E-state index is -0.631. The third-order valence-electron chi connectivity index (χ3n) is 4.27. The van der Waals surface area contributed by atoms with Crippen LogP contribution in [-0.2, 0) is 16.0 Å². The van der Waals surface area contributed by atoms with Gasteiger partial charge in [0.2, 0.25) is 0 Å². The Morgan fingerprint density at radius 1 is 1.09 bits per heavy atom. The van der Waals surface area contributed by atoms with Gasteiger partial charge in [-0.2, -0.15) is 0 Å². The Morgan fingerprint density at radius 2 is 1.73 bits per heavy atom. The number of hydrogen-bond acceptors (Lipinski definition) is 3. The molecule has 0 aliphatic heterocycles. The molecule has 0 unspecified atom stereocenters. The second-order valence-corrected chi connectivity index (χ2v) is 5.88. The Kier molecular flexibility index (Phi) is 5.95. The van der Waals surface area contributed by atoms with Crippen molar-refractivity contribution in [1.29, 1.82) is 0 Å². The standard InChI is InChI=1S/C17H24N2O3/c1-2-12-3-7-14(8-4-12)18-16(21)17(22)19-15-9-5-13(11-20)6-10-15/h3-4,7-8,13,15,20H,2,5-6,9-11H2,1H3,(H,18,21)(H,19,22). The summed E-state index contributed by atoms with van der Waals surface area (Å²) < 4.78 is 0. The highest BCUT2D eigenvalue weighted by Gasteiger charge is 2.24. The molecule has 2 rings (SSSR count). The summed E-state index contributed by atoms with van der Waals surface area (Å²) in [7, 11) is 0. The van der Waals surface area contributed by atoms with Crippen LogP contribution in [0.1, 0.15) is 38.2 Å². The average Bonchev–Trinajstić information content (AvgIpc) is 2.56. The molecule has 120 valence electrons. The highest BCUT2D eigenvalue weighted by Crippen LogP contribution is 2.23. The first kappa shape index (κ1) is 16.5. The van der Waals surface area contributed by atoms with Gasteiger partial charge in [0.1, 0.15) is 0 Å². The van der Waals surface area contributed by atoms with Crippen molar-refractivity contribution in [2.45, 2.75) is 45.1 Å². The fourth-order valence-corrected chi connectivity index (χ4v) is 2.75. The summed E-state index contributed by atoms with van der Waals surface area (Å²) in [5.41, 5.74) is 1.81. The van der Waals surface area contributed by atoms with Gasteiger partial charge in [0.05, 0.1) is 0 Å². The van der Waals surface area contributed by atoms with Crippen LogP contribution in [-0.4, -0.2) is 29.6 Å². The summed E-state index contributed by atoms with van der Waals surface area (Å²) in [4.78, 5) is 23.8. The SMILES string of the molecule is CCc1ccc(NC(=O)C(=O)NC2CCC(CO)CC2)cc1. The molecule has 1 saturated carbocycles. The number of aryl methyl sites for hydroxylation is 1. The summed E-state index contributed by atoms with van der Waals surface area (Å²) in [6.45, 7) is 2.27. The van der Waals surface area contributed by atoms with E-state index in [1.54, 1.807) is 12.1 Å². The number of anilines is 1. The molecule has 0 radical (unpaired) electrons. The summed E-state index contributed by atoms with van der Waals surface area (Å²) in [5, 5.41) is 14.5. The molecule has 1 aliphatic carbocycles. The van der Waals surface area contributed by atoms with Gasteiger partial charge in [0, 0.05) is 18.3 Å². The largest absolute Gasteiger partial charge is 0.396 e. The Morgan fingerprint density at radius 3 is 2.27 bits per heavy atom. The molecular formula is C17H24N2O3. The van der Waals surface area contributed by atoms with Crippen molar-refractivity contribution in [2.24, 2.45) is 5.92 Å². The first-order valence-electron chi connectivity index (χ1n) is 7.94. The van der Waals surface area contributed by atoms with Gasteiger partial charge >= 0.3 is 11.8 Å². The fourth-order valence-electron chi connectivity index (χ4n) is 2.75. The molecule has 22 heavy (non-hydrogen) atoms. The lowest BCUT2D eigenvalue weighted by molar-refractivity contribution is -0.136. The van der Waals surface area contributed by atoms with Crippen LogP contribution in [0.2, 0.25) is 0 Å². The molecule has 5 heteroatoms. The smallest absolute Gasteiger partial charge is 0.313 e. The number of aliphatic hydroxyl groups is 1. The molecule has 0 spiro atoms. The van der Waals surface area contributed by atoms with Crippen LogP contribution in [0, 0.1) is 5.92 Å². The molecular weight excluding hydrogens is 280 g/mol. The number of rotatable bonds is 4. The highest BCUT2D eigenvalue weighted by molar-refractivity contribution is 6.39. The zero-order chi connectivity index (χ0) is 15.9. The molecule has 1 aromatic rings. The molecule has 1 aliphatic rings. The maximum absolute atomic E-state index is 11.9. The summed E-state index contributed by atoms with van der Waals surface area (Å²) in [5.74, 6) is -0.889. The van der Waals surface area contributed by atoms with E-state index in [1.165, 1.54) is 5.56 Å². The molecule has 0 saturated heterocycles. The Balaban J connectivity index is 1.80. The van der Waals surface area contributed by atoms with Crippen molar-refractivity contribution >= 4 is 17.5 Å². The fraction of sp³-hybridized carbons (Fsp3) is 0.529. The van der Waals surface area contributed by atoms with E-state index in [2.05, 4.69) is 17.6 Å². The molecule has 0 atom stereocenters. The van der Waals surface area contributed by atoms with E-state index >= 15 is 0 Å². The number of benzene rings is 1. The van der Waals surface area contributed by atoms with Crippen LogP contribution >= 0.6 is 0 Å². The van der Waals surface area contributed by atoms with Gasteiger partial charge in [-0.3, -0.25) is 9.59 Å². The lowest BCUT2D eigenvalue weighted by Gasteiger charge is -2.27. The zero-order valence-electron chi connectivity index (χ0n) is 13.0. The second kappa shape index (κ2) is 7.94. The second-order valence-electron chi connectivity index (χ2n) is 5.88. The van der Waals surface area contributed by atoms with Gasteiger partial charge in [-0.05, 0) is 55.7 Å². The lowest BCUT2D eigenvalue weighted by atomic mass is 9.86. The predicted octanol–water partition coefficient (Wildman–Crippen LogP) is 1.85. The van der Waals surface area contributed by atoms with Crippen molar-refractivity contribution in [3.05, 3.63) is 29.8 Å².